The van der Waals surface area contributed by atoms with Crippen molar-refractivity contribution in [2.75, 3.05) is 18.2 Å². The number of benzene rings is 2. The molecule has 0 saturated carbocycles. The Morgan fingerprint density at radius 1 is 1.10 bits per heavy atom. The number of nitrogens with one attached hydrogen (secondary N) is 1. The van der Waals surface area contributed by atoms with Crippen molar-refractivity contribution in [2.24, 2.45) is 0 Å². The van der Waals surface area contributed by atoms with Crippen molar-refractivity contribution in [1.82, 2.24) is 10.2 Å². The summed E-state index contributed by atoms with van der Waals surface area (Å²) in [5.74, 6) is 0.560. The van der Waals surface area contributed by atoms with Gasteiger partial charge < -0.3 is 19.7 Å². The molecule has 0 aliphatic carbocycles. The smallest absolute Gasteiger partial charge is 0.332 e. The molecule has 0 radical (unpaired) electrons. The van der Waals surface area contributed by atoms with E-state index in [1.165, 1.54) is 4.90 Å². The number of carbonyl (C=O) groups is 3. The average molecular weight is 409 g/mol. The Balaban J connectivity index is 1.63. The van der Waals surface area contributed by atoms with Crippen molar-refractivity contribution in [1.29, 1.82) is 0 Å². The van der Waals surface area contributed by atoms with Crippen molar-refractivity contribution in [3.8, 4) is 11.5 Å². The first-order chi connectivity index (χ1) is 14.5. The fraction of sp³-hybridized carbons (Fsp3) is 0.318. The number of hydrogen-bond donors (Lipinski definition) is 1. The summed E-state index contributed by atoms with van der Waals surface area (Å²) in [5, 5.41) is 2.70. The standard InChI is InChI=1S/C22H23N3O5/c1-3-23-20(26)11-17-21(27)25(16-7-4-14(2)5-8-16)22(28)24(17)12-15-6-9-18-19(10-15)30-13-29-18/h4-10,17H,3,11-13H2,1-2H3,(H,23,26)/t17-/m1/s1. The highest BCUT2D eigenvalue weighted by molar-refractivity contribution is 6.22. The zero-order valence-electron chi connectivity index (χ0n) is 16.9. The van der Waals surface area contributed by atoms with E-state index < -0.39 is 18.0 Å². The summed E-state index contributed by atoms with van der Waals surface area (Å²) in [5.41, 5.74) is 2.30. The molecule has 156 valence electrons. The predicted molar refractivity (Wildman–Crippen MR) is 109 cm³/mol. The summed E-state index contributed by atoms with van der Waals surface area (Å²) >= 11 is 0. The van der Waals surface area contributed by atoms with Crippen LogP contribution < -0.4 is 19.7 Å². The molecular formula is C22H23N3O5. The third-order valence-corrected chi connectivity index (χ3v) is 5.15. The monoisotopic (exact) mass is 409 g/mol. The van der Waals surface area contributed by atoms with Gasteiger partial charge in [-0.15, -0.1) is 0 Å². The van der Waals surface area contributed by atoms with Crippen molar-refractivity contribution in [3.05, 3.63) is 53.6 Å². The topological polar surface area (TPSA) is 88.2 Å². The van der Waals surface area contributed by atoms with E-state index in [4.69, 9.17) is 9.47 Å². The summed E-state index contributed by atoms with van der Waals surface area (Å²) in [6.45, 7) is 4.52. The molecule has 1 saturated heterocycles. The van der Waals surface area contributed by atoms with Crippen LogP contribution in [0.3, 0.4) is 0 Å². The highest BCUT2D eigenvalue weighted by Gasteiger charge is 2.46. The maximum Gasteiger partial charge on any atom is 0.332 e. The second kappa shape index (κ2) is 8.06. The molecule has 0 spiro atoms. The minimum atomic E-state index is -0.879. The second-order valence-electron chi connectivity index (χ2n) is 7.28. The molecule has 4 rings (SSSR count). The van der Waals surface area contributed by atoms with Crippen LogP contribution in [0, 0.1) is 6.92 Å². The number of hydrogen-bond acceptors (Lipinski definition) is 5. The van der Waals surface area contributed by atoms with Gasteiger partial charge in [0.25, 0.3) is 5.91 Å². The lowest BCUT2D eigenvalue weighted by molar-refractivity contribution is -0.127. The lowest BCUT2D eigenvalue weighted by Gasteiger charge is -2.21. The van der Waals surface area contributed by atoms with E-state index in [0.29, 0.717) is 23.7 Å². The van der Waals surface area contributed by atoms with Gasteiger partial charge in [-0.25, -0.2) is 9.69 Å². The van der Waals surface area contributed by atoms with Crippen molar-refractivity contribution < 1.29 is 23.9 Å². The lowest BCUT2D eigenvalue weighted by atomic mass is 10.1. The van der Waals surface area contributed by atoms with Gasteiger partial charge in [0, 0.05) is 13.1 Å². The fourth-order valence-electron chi connectivity index (χ4n) is 3.63. The Bertz CT molecular complexity index is 989. The molecule has 0 unspecified atom stereocenters. The maximum absolute atomic E-state index is 13.2. The number of imide groups is 1. The first kappa shape index (κ1) is 19.8. The lowest BCUT2D eigenvalue weighted by Crippen LogP contribution is -2.39. The second-order valence-corrected chi connectivity index (χ2v) is 7.28. The minimum Gasteiger partial charge on any atom is -0.454 e. The Morgan fingerprint density at radius 2 is 1.83 bits per heavy atom. The number of aryl methyl sites for hydroxylation is 1. The minimum absolute atomic E-state index is 0.0919. The van der Waals surface area contributed by atoms with E-state index in [0.717, 1.165) is 16.0 Å². The SMILES string of the molecule is CCNC(=O)C[C@@H]1C(=O)N(c2ccc(C)cc2)C(=O)N1Cc1ccc2c(c1)OCO2. The molecule has 0 aromatic heterocycles. The van der Waals surface area contributed by atoms with E-state index in [-0.39, 0.29) is 25.7 Å². The summed E-state index contributed by atoms with van der Waals surface area (Å²) < 4.78 is 10.7. The summed E-state index contributed by atoms with van der Waals surface area (Å²) in [6, 6.07) is 11.2. The van der Waals surface area contributed by atoms with E-state index >= 15 is 0 Å². The molecule has 0 bridgehead atoms. The number of ether oxygens (including phenoxy) is 2. The van der Waals surface area contributed by atoms with Gasteiger partial charge in [0.15, 0.2) is 11.5 Å². The van der Waals surface area contributed by atoms with Gasteiger partial charge in [-0.3, -0.25) is 9.59 Å². The van der Waals surface area contributed by atoms with Gasteiger partial charge in [-0.05, 0) is 43.7 Å². The summed E-state index contributed by atoms with van der Waals surface area (Å²) in [7, 11) is 0. The van der Waals surface area contributed by atoms with Crippen LogP contribution in [0.5, 0.6) is 11.5 Å². The Morgan fingerprint density at radius 3 is 2.57 bits per heavy atom. The molecule has 1 fully saturated rings. The first-order valence-electron chi connectivity index (χ1n) is 9.84. The average Bonchev–Trinajstić information content (AvgIpc) is 3.27. The van der Waals surface area contributed by atoms with Gasteiger partial charge in [-0.2, -0.15) is 0 Å². The molecular weight excluding hydrogens is 386 g/mol. The van der Waals surface area contributed by atoms with E-state index in [2.05, 4.69) is 5.32 Å². The van der Waals surface area contributed by atoms with Crippen LogP contribution in [0.2, 0.25) is 0 Å². The van der Waals surface area contributed by atoms with Gasteiger partial charge in [0.1, 0.15) is 6.04 Å². The number of carbonyl (C=O) groups excluding carboxylic acids is 3. The molecule has 8 nitrogen and oxygen atoms in total. The highest BCUT2D eigenvalue weighted by atomic mass is 16.7. The van der Waals surface area contributed by atoms with Crippen LogP contribution in [-0.4, -0.2) is 42.1 Å². The van der Waals surface area contributed by atoms with Crippen molar-refractivity contribution in [2.45, 2.75) is 32.9 Å². The highest BCUT2D eigenvalue weighted by Crippen LogP contribution is 2.34. The summed E-state index contributed by atoms with van der Waals surface area (Å²) in [4.78, 5) is 41.2. The molecule has 2 aromatic rings. The largest absolute Gasteiger partial charge is 0.454 e. The Hall–Kier alpha value is -3.55. The van der Waals surface area contributed by atoms with Gasteiger partial charge in [0.2, 0.25) is 12.7 Å². The maximum atomic E-state index is 13.2. The molecule has 1 N–H and O–H groups in total. The number of fused-ring (bicyclic) bond motifs is 1. The van der Waals surface area contributed by atoms with Gasteiger partial charge in [-0.1, -0.05) is 23.8 Å². The zero-order chi connectivity index (χ0) is 21.3. The molecule has 30 heavy (non-hydrogen) atoms. The molecule has 8 heteroatoms. The van der Waals surface area contributed by atoms with Crippen molar-refractivity contribution >= 4 is 23.5 Å². The number of anilines is 1. The normalized spacial score (nSPS) is 17.6. The van der Waals surface area contributed by atoms with E-state index in [1.807, 2.05) is 32.0 Å². The number of urea groups is 1. The quantitative estimate of drug-likeness (QED) is 0.741. The number of amides is 4. The molecule has 2 aliphatic heterocycles. The third-order valence-electron chi connectivity index (χ3n) is 5.15. The van der Waals surface area contributed by atoms with Crippen LogP contribution in [0.1, 0.15) is 24.5 Å². The Kier molecular flexibility index (Phi) is 5.31. The van der Waals surface area contributed by atoms with Crippen LogP contribution in [0.25, 0.3) is 0 Å². The number of nitrogens with zero attached hydrogens (tertiary/aromatic N) is 2. The first-order valence-corrected chi connectivity index (χ1v) is 9.84. The van der Waals surface area contributed by atoms with Crippen LogP contribution in [-0.2, 0) is 16.1 Å². The number of rotatable bonds is 6. The van der Waals surface area contributed by atoms with Crippen LogP contribution in [0.15, 0.2) is 42.5 Å². The molecule has 1 atom stereocenters. The molecule has 4 amide bonds. The molecule has 2 aromatic carbocycles. The summed E-state index contributed by atoms with van der Waals surface area (Å²) in [6.07, 6.45) is -0.0919. The fourth-order valence-corrected chi connectivity index (χ4v) is 3.63. The van der Waals surface area contributed by atoms with Crippen molar-refractivity contribution in [3.63, 3.8) is 0 Å². The van der Waals surface area contributed by atoms with Crippen LogP contribution >= 0.6 is 0 Å². The third kappa shape index (κ3) is 3.68. The van der Waals surface area contributed by atoms with Crippen LogP contribution in [0.4, 0.5) is 10.5 Å². The Labute approximate surface area is 174 Å². The molecule has 2 heterocycles. The van der Waals surface area contributed by atoms with Gasteiger partial charge in [0.05, 0.1) is 12.1 Å². The molecule has 2 aliphatic rings. The zero-order valence-corrected chi connectivity index (χ0v) is 16.9. The van der Waals surface area contributed by atoms with Gasteiger partial charge >= 0.3 is 6.03 Å². The van der Waals surface area contributed by atoms with E-state index in [1.54, 1.807) is 24.3 Å². The predicted octanol–water partition coefficient (Wildman–Crippen LogP) is 2.59. The van der Waals surface area contributed by atoms with E-state index in [9.17, 15) is 14.4 Å².